The highest BCUT2D eigenvalue weighted by Crippen LogP contribution is 2.13. The molecule has 0 fully saturated rings. The summed E-state index contributed by atoms with van der Waals surface area (Å²) in [5.74, 6) is -0.563. The minimum Gasteiger partial charge on any atom is -0.481 e. The van der Waals surface area contributed by atoms with Crippen molar-refractivity contribution in [3.63, 3.8) is 0 Å². The maximum atomic E-state index is 11.9. The lowest BCUT2D eigenvalue weighted by atomic mass is 10.2. The van der Waals surface area contributed by atoms with Crippen LogP contribution in [0.1, 0.15) is 18.1 Å². The van der Waals surface area contributed by atoms with Crippen molar-refractivity contribution >= 4 is 23.6 Å². The van der Waals surface area contributed by atoms with E-state index < -0.39 is 11.9 Å². The first-order valence-corrected chi connectivity index (χ1v) is 7.63. The summed E-state index contributed by atoms with van der Waals surface area (Å²) in [6.07, 6.45) is 0. The summed E-state index contributed by atoms with van der Waals surface area (Å²) in [4.78, 5) is 24.1. The Labute approximate surface area is 128 Å². The highest BCUT2D eigenvalue weighted by molar-refractivity contribution is 7.99. The lowest BCUT2D eigenvalue weighted by Crippen LogP contribution is -2.34. The van der Waals surface area contributed by atoms with Crippen molar-refractivity contribution in [3.05, 3.63) is 35.4 Å². The number of benzene rings is 1. The zero-order chi connectivity index (χ0) is 15.8. The van der Waals surface area contributed by atoms with Gasteiger partial charge < -0.3 is 10.0 Å². The molecule has 0 spiro atoms. The Bertz CT molecular complexity index is 537. The molecule has 1 aromatic rings. The first-order chi connectivity index (χ1) is 9.93. The fraction of sp³-hybridized carbons (Fsp3) is 0.400. The fourth-order valence-corrected chi connectivity index (χ4v) is 2.56. The third kappa shape index (κ3) is 5.88. The topological polar surface area (TPSA) is 81.4 Å². The summed E-state index contributed by atoms with van der Waals surface area (Å²) in [5, 5.41) is 17.5. The SMILES string of the molecule is CC(CN(C)C(=O)CSCc1ccc(C#N)cc1)C(=O)O. The standard InChI is InChI=1S/C15H18N2O3S/c1-11(15(19)20)8-17(2)14(18)10-21-9-13-5-3-12(7-16)4-6-13/h3-6,11H,8-10H2,1-2H3,(H,19,20). The van der Waals surface area contributed by atoms with Gasteiger partial charge in [0, 0.05) is 19.3 Å². The number of hydrogen-bond acceptors (Lipinski definition) is 4. The van der Waals surface area contributed by atoms with E-state index in [-0.39, 0.29) is 12.5 Å². The summed E-state index contributed by atoms with van der Waals surface area (Å²) in [6, 6.07) is 9.29. The van der Waals surface area contributed by atoms with Crippen LogP contribution in [0.2, 0.25) is 0 Å². The van der Waals surface area contributed by atoms with Gasteiger partial charge in [0.15, 0.2) is 0 Å². The van der Waals surface area contributed by atoms with Gasteiger partial charge in [-0.3, -0.25) is 9.59 Å². The molecule has 1 unspecified atom stereocenters. The fourth-order valence-electron chi connectivity index (χ4n) is 1.63. The van der Waals surface area contributed by atoms with Gasteiger partial charge in [0.1, 0.15) is 0 Å². The predicted octanol–water partition coefficient (Wildman–Crippen LogP) is 1.97. The largest absolute Gasteiger partial charge is 0.481 e. The third-order valence-corrected chi connectivity index (χ3v) is 3.96. The lowest BCUT2D eigenvalue weighted by molar-refractivity contribution is -0.142. The maximum Gasteiger partial charge on any atom is 0.308 e. The molecule has 0 heterocycles. The molecule has 5 nitrogen and oxygen atoms in total. The van der Waals surface area contributed by atoms with E-state index in [4.69, 9.17) is 10.4 Å². The van der Waals surface area contributed by atoms with Crippen molar-refractivity contribution in [2.45, 2.75) is 12.7 Å². The van der Waals surface area contributed by atoms with E-state index in [1.807, 2.05) is 12.1 Å². The second kappa shape index (κ2) is 8.32. The minimum atomic E-state index is -0.903. The molecule has 6 heteroatoms. The average molecular weight is 306 g/mol. The smallest absolute Gasteiger partial charge is 0.308 e. The number of aliphatic carboxylic acids is 1. The predicted molar refractivity (Wildman–Crippen MR) is 81.8 cm³/mol. The van der Waals surface area contributed by atoms with Crippen LogP contribution < -0.4 is 0 Å². The zero-order valence-electron chi connectivity index (χ0n) is 12.1. The van der Waals surface area contributed by atoms with Crippen molar-refractivity contribution in [1.29, 1.82) is 5.26 Å². The minimum absolute atomic E-state index is 0.0817. The Morgan fingerprint density at radius 2 is 2.00 bits per heavy atom. The monoisotopic (exact) mass is 306 g/mol. The first-order valence-electron chi connectivity index (χ1n) is 6.47. The summed E-state index contributed by atoms with van der Waals surface area (Å²) in [7, 11) is 1.62. The number of hydrogen-bond donors (Lipinski definition) is 1. The Morgan fingerprint density at radius 1 is 1.38 bits per heavy atom. The van der Waals surface area contributed by atoms with Gasteiger partial charge in [0.2, 0.25) is 5.91 Å². The van der Waals surface area contributed by atoms with Gasteiger partial charge in [-0.05, 0) is 17.7 Å². The molecule has 112 valence electrons. The number of carboxylic acids is 1. The number of rotatable bonds is 7. The van der Waals surface area contributed by atoms with Crippen molar-refractivity contribution in [1.82, 2.24) is 4.90 Å². The average Bonchev–Trinajstić information content (AvgIpc) is 2.47. The molecule has 1 aromatic carbocycles. The van der Waals surface area contributed by atoms with Crippen LogP contribution in [0.25, 0.3) is 0 Å². The Morgan fingerprint density at radius 3 is 2.52 bits per heavy atom. The second-order valence-corrected chi connectivity index (χ2v) is 5.80. The molecular weight excluding hydrogens is 288 g/mol. The quantitative estimate of drug-likeness (QED) is 0.833. The van der Waals surface area contributed by atoms with Gasteiger partial charge in [-0.1, -0.05) is 19.1 Å². The number of amides is 1. The molecule has 0 saturated heterocycles. The summed E-state index contributed by atoms with van der Waals surface area (Å²) >= 11 is 1.47. The van der Waals surface area contributed by atoms with Crippen molar-refractivity contribution in [2.75, 3.05) is 19.3 Å². The van der Waals surface area contributed by atoms with E-state index in [0.717, 1.165) is 5.56 Å². The molecule has 0 aliphatic carbocycles. The molecule has 1 N–H and O–H groups in total. The molecule has 0 bridgehead atoms. The molecule has 0 saturated carbocycles. The summed E-state index contributed by atoms with van der Waals surface area (Å²) in [6.45, 7) is 1.79. The summed E-state index contributed by atoms with van der Waals surface area (Å²) in [5.41, 5.74) is 1.66. The summed E-state index contributed by atoms with van der Waals surface area (Å²) < 4.78 is 0. The van der Waals surface area contributed by atoms with Gasteiger partial charge in [-0.2, -0.15) is 5.26 Å². The van der Waals surface area contributed by atoms with Gasteiger partial charge >= 0.3 is 5.97 Å². The molecule has 1 atom stereocenters. The van der Waals surface area contributed by atoms with Crippen LogP contribution in [0.3, 0.4) is 0 Å². The van der Waals surface area contributed by atoms with Crippen molar-refractivity contribution in [3.8, 4) is 6.07 Å². The number of thioether (sulfide) groups is 1. The molecule has 1 rings (SSSR count). The number of carboxylic acid groups (broad SMARTS) is 1. The molecule has 0 aliphatic heterocycles. The molecular formula is C15H18N2O3S. The molecule has 1 amide bonds. The van der Waals surface area contributed by atoms with Gasteiger partial charge in [-0.15, -0.1) is 11.8 Å². The van der Waals surface area contributed by atoms with Crippen LogP contribution in [0, 0.1) is 17.2 Å². The van der Waals surface area contributed by atoms with Crippen LogP contribution in [0.4, 0.5) is 0 Å². The molecule has 21 heavy (non-hydrogen) atoms. The van der Waals surface area contributed by atoms with Crippen LogP contribution in [0.5, 0.6) is 0 Å². The Kier molecular flexibility index (Phi) is 6.76. The molecule has 0 aromatic heterocycles. The Hall–Kier alpha value is -2.00. The van der Waals surface area contributed by atoms with E-state index in [1.165, 1.54) is 16.7 Å². The van der Waals surface area contributed by atoms with E-state index in [9.17, 15) is 9.59 Å². The van der Waals surface area contributed by atoms with Crippen molar-refractivity contribution in [2.24, 2.45) is 5.92 Å². The number of nitrogens with zero attached hydrogens (tertiary/aromatic N) is 2. The second-order valence-electron chi connectivity index (χ2n) is 4.82. The van der Waals surface area contributed by atoms with Gasteiger partial charge in [0.05, 0.1) is 23.3 Å². The maximum absolute atomic E-state index is 11.9. The number of nitriles is 1. The Balaban J connectivity index is 2.35. The molecule has 0 radical (unpaired) electrons. The van der Waals surface area contributed by atoms with E-state index in [0.29, 0.717) is 17.1 Å². The highest BCUT2D eigenvalue weighted by atomic mass is 32.2. The number of carbonyl (C=O) groups is 2. The van der Waals surface area contributed by atoms with Crippen LogP contribution in [-0.4, -0.2) is 41.2 Å². The van der Waals surface area contributed by atoms with Gasteiger partial charge in [-0.25, -0.2) is 0 Å². The van der Waals surface area contributed by atoms with Gasteiger partial charge in [0.25, 0.3) is 0 Å². The van der Waals surface area contributed by atoms with E-state index >= 15 is 0 Å². The number of carbonyl (C=O) groups excluding carboxylic acids is 1. The van der Waals surface area contributed by atoms with Crippen LogP contribution in [0.15, 0.2) is 24.3 Å². The van der Waals surface area contributed by atoms with Crippen molar-refractivity contribution < 1.29 is 14.7 Å². The van der Waals surface area contributed by atoms with E-state index in [2.05, 4.69) is 6.07 Å². The highest BCUT2D eigenvalue weighted by Gasteiger charge is 2.17. The third-order valence-electron chi connectivity index (χ3n) is 2.97. The first kappa shape index (κ1) is 17.1. The van der Waals surface area contributed by atoms with Crippen LogP contribution >= 0.6 is 11.8 Å². The normalized spacial score (nSPS) is 11.5. The zero-order valence-corrected chi connectivity index (χ0v) is 12.9. The lowest BCUT2D eigenvalue weighted by Gasteiger charge is -2.19. The molecule has 0 aliphatic rings. The van der Waals surface area contributed by atoms with Crippen LogP contribution in [-0.2, 0) is 15.3 Å². The van der Waals surface area contributed by atoms with E-state index in [1.54, 1.807) is 26.1 Å².